The van der Waals surface area contributed by atoms with Gasteiger partial charge in [-0.15, -0.1) is 0 Å². The molecule has 0 aliphatic rings. The molecule has 0 fully saturated rings. The molecule has 0 aromatic heterocycles. The maximum absolute atomic E-state index is 12.9. The van der Waals surface area contributed by atoms with Crippen molar-refractivity contribution in [2.75, 3.05) is 17.2 Å². The molecule has 26 heavy (non-hydrogen) atoms. The number of hydrogen-bond donors (Lipinski definition) is 2. The maximum atomic E-state index is 12.9. The van der Waals surface area contributed by atoms with E-state index in [9.17, 15) is 9.18 Å². The van der Waals surface area contributed by atoms with Gasteiger partial charge in [-0.1, -0.05) is 17.7 Å². The highest BCUT2D eigenvalue weighted by Gasteiger charge is 2.04. The van der Waals surface area contributed by atoms with Crippen LogP contribution in [0.5, 0.6) is 5.75 Å². The Labute approximate surface area is 151 Å². The molecule has 0 atom stereocenters. The fourth-order valence-corrected chi connectivity index (χ4v) is 2.32. The molecule has 4 nitrogen and oxygen atoms in total. The average molecular weight is 350 g/mol. The summed E-state index contributed by atoms with van der Waals surface area (Å²) >= 11 is 0. The van der Waals surface area contributed by atoms with Crippen LogP contribution in [0.25, 0.3) is 0 Å². The van der Waals surface area contributed by atoms with Gasteiger partial charge in [0.15, 0.2) is 6.61 Å². The van der Waals surface area contributed by atoms with E-state index in [4.69, 9.17) is 4.74 Å². The Morgan fingerprint density at radius 2 is 1.38 bits per heavy atom. The normalized spacial score (nSPS) is 10.2. The van der Waals surface area contributed by atoms with E-state index in [2.05, 4.69) is 10.6 Å². The van der Waals surface area contributed by atoms with Crippen LogP contribution in [0.4, 0.5) is 21.5 Å². The molecule has 2 N–H and O–H groups in total. The standard InChI is InChI=1S/C21H19FN2O2/c1-15-2-12-20(13-3-15)26-14-21(25)24-19-10-8-18(9-11-19)23-17-6-4-16(22)5-7-17/h2-13,23H,14H2,1H3,(H,24,25). The van der Waals surface area contributed by atoms with E-state index >= 15 is 0 Å². The molecule has 3 aromatic carbocycles. The van der Waals surface area contributed by atoms with Gasteiger partial charge in [0.05, 0.1) is 0 Å². The number of ether oxygens (including phenoxy) is 1. The first-order chi connectivity index (χ1) is 12.6. The molecule has 0 bridgehead atoms. The number of hydrogen-bond acceptors (Lipinski definition) is 3. The molecule has 0 saturated heterocycles. The Kier molecular flexibility index (Phi) is 5.49. The van der Waals surface area contributed by atoms with Crippen LogP contribution < -0.4 is 15.4 Å². The zero-order chi connectivity index (χ0) is 18.4. The number of carbonyl (C=O) groups is 1. The Balaban J connectivity index is 1.50. The molecular weight excluding hydrogens is 331 g/mol. The van der Waals surface area contributed by atoms with Crippen LogP contribution >= 0.6 is 0 Å². The van der Waals surface area contributed by atoms with E-state index in [0.717, 1.165) is 16.9 Å². The van der Waals surface area contributed by atoms with Crippen LogP contribution in [0.15, 0.2) is 72.8 Å². The molecule has 0 unspecified atom stereocenters. The van der Waals surface area contributed by atoms with Gasteiger partial charge >= 0.3 is 0 Å². The van der Waals surface area contributed by atoms with E-state index in [0.29, 0.717) is 11.4 Å². The molecule has 5 heteroatoms. The van der Waals surface area contributed by atoms with Gasteiger partial charge in [0.25, 0.3) is 5.91 Å². The Hall–Kier alpha value is -3.34. The van der Waals surface area contributed by atoms with Crippen LogP contribution in [0, 0.1) is 12.7 Å². The lowest BCUT2D eigenvalue weighted by atomic mass is 10.2. The summed E-state index contributed by atoms with van der Waals surface area (Å²) in [6.07, 6.45) is 0. The van der Waals surface area contributed by atoms with Crippen molar-refractivity contribution in [2.24, 2.45) is 0 Å². The highest BCUT2D eigenvalue weighted by atomic mass is 19.1. The number of anilines is 3. The SMILES string of the molecule is Cc1ccc(OCC(=O)Nc2ccc(Nc3ccc(F)cc3)cc2)cc1. The third-order valence-corrected chi connectivity index (χ3v) is 3.69. The van der Waals surface area contributed by atoms with Crippen molar-refractivity contribution in [3.05, 3.63) is 84.2 Å². The zero-order valence-electron chi connectivity index (χ0n) is 14.3. The van der Waals surface area contributed by atoms with Crippen LogP contribution in [-0.2, 0) is 4.79 Å². The fraction of sp³-hybridized carbons (Fsp3) is 0.0952. The summed E-state index contributed by atoms with van der Waals surface area (Å²) in [5.74, 6) is 0.149. The summed E-state index contributed by atoms with van der Waals surface area (Å²) in [7, 11) is 0. The van der Waals surface area contributed by atoms with Gasteiger partial charge in [0.2, 0.25) is 0 Å². The molecule has 3 rings (SSSR count). The fourth-order valence-electron chi connectivity index (χ4n) is 2.32. The second kappa shape index (κ2) is 8.16. The predicted octanol–water partition coefficient (Wildman–Crippen LogP) is 4.90. The van der Waals surface area contributed by atoms with Crippen LogP contribution in [0.2, 0.25) is 0 Å². The van der Waals surface area contributed by atoms with E-state index in [-0.39, 0.29) is 18.3 Å². The zero-order valence-corrected chi connectivity index (χ0v) is 14.3. The van der Waals surface area contributed by atoms with Gasteiger partial charge in [-0.3, -0.25) is 4.79 Å². The maximum Gasteiger partial charge on any atom is 0.262 e. The third kappa shape index (κ3) is 5.08. The Morgan fingerprint density at radius 3 is 2.00 bits per heavy atom. The van der Waals surface area contributed by atoms with Crippen molar-refractivity contribution in [3.8, 4) is 5.75 Å². The van der Waals surface area contributed by atoms with Gasteiger partial charge in [0.1, 0.15) is 11.6 Å². The van der Waals surface area contributed by atoms with Crippen molar-refractivity contribution >= 4 is 23.0 Å². The smallest absolute Gasteiger partial charge is 0.262 e. The lowest BCUT2D eigenvalue weighted by Crippen LogP contribution is -2.20. The predicted molar refractivity (Wildman–Crippen MR) is 101 cm³/mol. The van der Waals surface area contributed by atoms with E-state index in [1.54, 1.807) is 24.3 Å². The van der Waals surface area contributed by atoms with Crippen molar-refractivity contribution in [1.29, 1.82) is 0 Å². The van der Waals surface area contributed by atoms with E-state index in [1.807, 2.05) is 43.3 Å². The first kappa shape index (κ1) is 17.5. The third-order valence-electron chi connectivity index (χ3n) is 3.69. The molecule has 132 valence electrons. The minimum Gasteiger partial charge on any atom is -0.484 e. The van der Waals surface area contributed by atoms with Crippen LogP contribution in [0.1, 0.15) is 5.56 Å². The second-order valence-corrected chi connectivity index (χ2v) is 5.86. The second-order valence-electron chi connectivity index (χ2n) is 5.86. The lowest BCUT2D eigenvalue weighted by molar-refractivity contribution is -0.118. The molecular formula is C21H19FN2O2. The van der Waals surface area contributed by atoms with Crippen LogP contribution in [-0.4, -0.2) is 12.5 Å². The van der Waals surface area contributed by atoms with Crippen molar-refractivity contribution in [3.63, 3.8) is 0 Å². The summed E-state index contributed by atoms with van der Waals surface area (Å²) in [6.45, 7) is 1.93. The summed E-state index contributed by atoms with van der Waals surface area (Å²) in [5, 5.41) is 5.94. The number of nitrogens with one attached hydrogen (secondary N) is 2. The number of benzene rings is 3. The molecule has 3 aromatic rings. The quantitative estimate of drug-likeness (QED) is 0.665. The van der Waals surface area contributed by atoms with E-state index < -0.39 is 0 Å². The van der Waals surface area contributed by atoms with Gasteiger partial charge in [-0.25, -0.2) is 4.39 Å². The highest BCUT2D eigenvalue weighted by molar-refractivity contribution is 5.92. The number of carbonyl (C=O) groups excluding carboxylic acids is 1. The molecule has 0 radical (unpaired) electrons. The molecule has 0 spiro atoms. The monoisotopic (exact) mass is 350 g/mol. The minimum atomic E-state index is -0.276. The van der Waals surface area contributed by atoms with Gasteiger partial charge in [0, 0.05) is 17.1 Å². The largest absolute Gasteiger partial charge is 0.484 e. The summed E-state index contributed by atoms with van der Waals surface area (Å²) in [4.78, 5) is 12.0. The molecule has 0 aliphatic carbocycles. The lowest BCUT2D eigenvalue weighted by Gasteiger charge is -2.10. The average Bonchev–Trinajstić information content (AvgIpc) is 2.65. The van der Waals surface area contributed by atoms with E-state index in [1.165, 1.54) is 12.1 Å². The Morgan fingerprint density at radius 1 is 0.846 bits per heavy atom. The van der Waals surface area contributed by atoms with Crippen molar-refractivity contribution in [2.45, 2.75) is 6.92 Å². The summed E-state index contributed by atoms with van der Waals surface area (Å²) in [6, 6.07) is 20.9. The Bertz CT molecular complexity index is 860. The van der Waals surface area contributed by atoms with Crippen molar-refractivity contribution in [1.82, 2.24) is 0 Å². The molecule has 1 amide bonds. The summed E-state index contributed by atoms with van der Waals surface area (Å²) in [5.41, 5.74) is 3.43. The molecule has 0 heterocycles. The highest BCUT2D eigenvalue weighted by Crippen LogP contribution is 2.19. The molecule has 0 saturated carbocycles. The van der Waals surface area contributed by atoms with Crippen LogP contribution in [0.3, 0.4) is 0 Å². The first-order valence-corrected chi connectivity index (χ1v) is 8.20. The minimum absolute atomic E-state index is 0.0569. The van der Waals surface area contributed by atoms with Gasteiger partial charge in [-0.2, -0.15) is 0 Å². The first-order valence-electron chi connectivity index (χ1n) is 8.20. The van der Waals surface area contributed by atoms with Crippen molar-refractivity contribution < 1.29 is 13.9 Å². The summed E-state index contributed by atoms with van der Waals surface area (Å²) < 4.78 is 18.4. The number of aryl methyl sites for hydroxylation is 1. The topological polar surface area (TPSA) is 50.4 Å². The molecule has 0 aliphatic heterocycles. The number of amides is 1. The number of rotatable bonds is 6. The van der Waals surface area contributed by atoms with Gasteiger partial charge in [-0.05, 0) is 67.6 Å². The van der Waals surface area contributed by atoms with Gasteiger partial charge < -0.3 is 15.4 Å². The number of halogens is 1.